The third-order valence-electron chi connectivity index (χ3n) is 1.27. The lowest BCUT2D eigenvalue weighted by atomic mass is 9.69. The molecule has 1 rings (SSSR count). The second kappa shape index (κ2) is 1.56. The normalized spacial score (nSPS) is 35.4. The van der Waals surface area contributed by atoms with Crippen LogP contribution in [-0.4, -0.2) is 18.8 Å². The van der Waals surface area contributed by atoms with Crippen LogP contribution in [0.2, 0.25) is 5.82 Å². The maximum Gasteiger partial charge on any atom is 0.0782 e. The van der Waals surface area contributed by atoms with Gasteiger partial charge < -0.3 is 5.21 Å². The van der Waals surface area contributed by atoms with Crippen LogP contribution in [0, 0.1) is 0 Å². The predicted octanol–water partition coefficient (Wildman–Crippen LogP) is 0.567. The second-order valence-corrected chi connectivity index (χ2v) is 1.74. The van der Waals surface area contributed by atoms with Gasteiger partial charge in [0.1, 0.15) is 0 Å². The summed E-state index contributed by atoms with van der Waals surface area (Å²) in [5.41, 5.74) is 0.736. The van der Waals surface area contributed by atoms with Crippen LogP contribution in [0.4, 0.5) is 0 Å². The van der Waals surface area contributed by atoms with E-state index in [9.17, 15) is 0 Å². The van der Waals surface area contributed by atoms with Crippen molar-refractivity contribution < 1.29 is 5.21 Å². The number of rotatable bonds is 0. The van der Waals surface area contributed by atoms with E-state index in [0.717, 1.165) is 18.6 Å². The fraction of sp³-hybridized carbons (Fsp3) is 0.750. The van der Waals surface area contributed by atoms with Gasteiger partial charge in [-0.3, -0.25) is 0 Å². The highest BCUT2D eigenvalue weighted by atomic mass is 16.4. The van der Waals surface area contributed by atoms with E-state index < -0.39 is 0 Å². The molecule has 36 valence electrons. The first-order valence-electron chi connectivity index (χ1n) is 2.31. The second-order valence-electron chi connectivity index (χ2n) is 1.74. The Kier molecular flexibility index (Phi) is 1.05. The van der Waals surface area contributed by atoms with Gasteiger partial charge in [-0.15, -0.1) is 0 Å². The van der Waals surface area contributed by atoms with Crippen molar-refractivity contribution in [3.63, 3.8) is 0 Å². The molecule has 1 N–H and O–H groups in total. The van der Waals surface area contributed by atoms with E-state index in [1.54, 1.807) is 0 Å². The summed E-state index contributed by atoms with van der Waals surface area (Å²) in [7, 11) is 5.34. The summed E-state index contributed by atoms with van der Waals surface area (Å²) in [6.45, 7) is 0. The van der Waals surface area contributed by atoms with Gasteiger partial charge in [-0.2, -0.15) is 0 Å². The summed E-state index contributed by atoms with van der Waals surface area (Å²) < 4.78 is 0. The van der Waals surface area contributed by atoms with Crippen molar-refractivity contribution in [2.75, 3.05) is 0 Å². The Morgan fingerprint density at radius 2 is 2.57 bits per heavy atom. The number of hydrogen-bond acceptors (Lipinski definition) is 2. The first-order chi connectivity index (χ1) is 3.34. The van der Waals surface area contributed by atoms with Crippen molar-refractivity contribution in [1.82, 2.24) is 0 Å². The maximum absolute atomic E-state index is 8.06. The van der Waals surface area contributed by atoms with Crippen molar-refractivity contribution in [1.29, 1.82) is 0 Å². The van der Waals surface area contributed by atoms with E-state index in [-0.39, 0.29) is 5.82 Å². The molecule has 7 heavy (non-hydrogen) atoms. The van der Waals surface area contributed by atoms with E-state index in [2.05, 4.69) is 5.16 Å². The molecule has 0 spiro atoms. The van der Waals surface area contributed by atoms with Crippen molar-refractivity contribution in [3.05, 3.63) is 0 Å². The molecule has 2 radical (unpaired) electrons. The van der Waals surface area contributed by atoms with Gasteiger partial charge in [0.05, 0.1) is 13.6 Å². The zero-order valence-electron chi connectivity index (χ0n) is 3.96. The van der Waals surface area contributed by atoms with E-state index in [0.29, 0.717) is 0 Å². The third kappa shape index (κ3) is 0.623. The van der Waals surface area contributed by atoms with Gasteiger partial charge in [-0.1, -0.05) is 5.16 Å². The average molecular weight is 94.9 g/mol. The molecule has 0 aromatic carbocycles. The summed E-state index contributed by atoms with van der Waals surface area (Å²) in [4.78, 5) is 0. The van der Waals surface area contributed by atoms with Gasteiger partial charge in [-0.25, -0.2) is 0 Å². The molecule has 0 bridgehead atoms. The van der Waals surface area contributed by atoms with Gasteiger partial charge in [0.25, 0.3) is 0 Å². The zero-order chi connectivity index (χ0) is 5.28. The Morgan fingerprint density at radius 3 is 2.57 bits per heavy atom. The Labute approximate surface area is 43.6 Å². The molecule has 0 saturated heterocycles. The first kappa shape index (κ1) is 4.69. The molecule has 3 heteroatoms. The summed E-state index contributed by atoms with van der Waals surface area (Å²) in [6, 6.07) is 0. The molecular formula is C4H6BNO. The standard InChI is InChI=1S/C4H6BNO/c5-3-1-2-4(3)6-7/h3,7H,1-2H2/b6-4+. The van der Waals surface area contributed by atoms with Crippen LogP contribution in [0.25, 0.3) is 0 Å². The van der Waals surface area contributed by atoms with Crippen molar-refractivity contribution in [3.8, 4) is 0 Å². The number of nitrogens with zero attached hydrogens (tertiary/aromatic N) is 1. The summed E-state index contributed by atoms with van der Waals surface area (Å²) in [5.74, 6) is 0.0463. The van der Waals surface area contributed by atoms with Crippen molar-refractivity contribution in [2.24, 2.45) is 5.16 Å². The number of hydrogen-bond donors (Lipinski definition) is 1. The Bertz CT molecular complexity index is 102. The molecule has 0 heterocycles. The lowest BCUT2D eigenvalue weighted by Gasteiger charge is -2.22. The molecule has 1 atom stereocenters. The molecule has 1 aliphatic rings. The lowest BCUT2D eigenvalue weighted by molar-refractivity contribution is 0.313. The highest BCUT2D eigenvalue weighted by Crippen LogP contribution is 2.25. The van der Waals surface area contributed by atoms with Gasteiger partial charge in [-0.05, 0) is 18.7 Å². The van der Waals surface area contributed by atoms with Crippen LogP contribution in [0.1, 0.15) is 12.8 Å². The molecule has 0 aromatic heterocycles. The summed E-state index contributed by atoms with van der Waals surface area (Å²) in [6.07, 6.45) is 1.84. The minimum absolute atomic E-state index is 0.0463. The highest BCUT2D eigenvalue weighted by molar-refractivity contribution is 6.28. The fourth-order valence-corrected chi connectivity index (χ4v) is 0.564. The van der Waals surface area contributed by atoms with E-state index in [1.807, 2.05) is 0 Å². The number of oxime groups is 1. The van der Waals surface area contributed by atoms with E-state index in [4.69, 9.17) is 13.1 Å². The van der Waals surface area contributed by atoms with Gasteiger partial charge in [0.15, 0.2) is 0 Å². The Hall–Kier alpha value is -0.465. The van der Waals surface area contributed by atoms with Crippen LogP contribution < -0.4 is 0 Å². The van der Waals surface area contributed by atoms with Crippen LogP contribution in [-0.2, 0) is 0 Å². The molecule has 1 aliphatic carbocycles. The van der Waals surface area contributed by atoms with E-state index in [1.165, 1.54) is 0 Å². The molecule has 0 aromatic rings. The fourth-order valence-electron chi connectivity index (χ4n) is 0.564. The van der Waals surface area contributed by atoms with Crippen LogP contribution in [0.3, 0.4) is 0 Å². The highest BCUT2D eigenvalue weighted by Gasteiger charge is 2.20. The molecule has 2 nitrogen and oxygen atoms in total. The average Bonchev–Trinajstić information content (AvgIpc) is 1.65. The Morgan fingerprint density at radius 1 is 1.86 bits per heavy atom. The van der Waals surface area contributed by atoms with Crippen molar-refractivity contribution >= 4 is 13.6 Å². The van der Waals surface area contributed by atoms with Crippen molar-refractivity contribution in [2.45, 2.75) is 18.7 Å². The van der Waals surface area contributed by atoms with Crippen LogP contribution in [0.15, 0.2) is 5.16 Å². The predicted molar refractivity (Wildman–Crippen MR) is 28.0 cm³/mol. The molecule has 1 saturated carbocycles. The molecular weight excluding hydrogens is 88.9 g/mol. The molecule has 1 fully saturated rings. The summed E-state index contributed by atoms with van der Waals surface area (Å²) in [5, 5.41) is 11.0. The van der Waals surface area contributed by atoms with Gasteiger partial charge in [0.2, 0.25) is 0 Å². The topological polar surface area (TPSA) is 32.6 Å². The molecule has 0 aliphatic heterocycles. The first-order valence-corrected chi connectivity index (χ1v) is 2.31. The Balaban J connectivity index is 2.44. The SMILES string of the molecule is [B]C1CC/C1=N\O. The van der Waals surface area contributed by atoms with Crippen LogP contribution >= 0.6 is 0 Å². The van der Waals surface area contributed by atoms with E-state index >= 15 is 0 Å². The third-order valence-corrected chi connectivity index (χ3v) is 1.27. The van der Waals surface area contributed by atoms with Crippen LogP contribution in [0.5, 0.6) is 0 Å². The smallest absolute Gasteiger partial charge is 0.0782 e. The quantitative estimate of drug-likeness (QED) is 0.266. The monoisotopic (exact) mass is 95.1 g/mol. The van der Waals surface area contributed by atoms with Gasteiger partial charge in [0, 0.05) is 0 Å². The molecule has 1 unspecified atom stereocenters. The molecule has 0 amide bonds. The summed E-state index contributed by atoms with van der Waals surface area (Å²) >= 11 is 0. The minimum Gasteiger partial charge on any atom is -0.411 e. The largest absolute Gasteiger partial charge is 0.411 e. The maximum atomic E-state index is 8.06. The zero-order valence-corrected chi connectivity index (χ0v) is 3.96. The van der Waals surface area contributed by atoms with Gasteiger partial charge >= 0.3 is 0 Å². The minimum atomic E-state index is 0.0463. The lowest BCUT2D eigenvalue weighted by Crippen LogP contribution is -2.19.